The number of carbonyl (C=O) groups is 3. The second-order valence-electron chi connectivity index (χ2n) is 9.23. The molecule has 13 heteroatoms. The molecule has 1 aromatic heterocycles. The van der Waals surface area contributed by atoms with E-state index in [0.717, 1.165) is 4.90 Å². The molecule has 3 aromatic rings. The first-order valence-corrected chi connectivity index (χ1v) is 13.0. The van der Waals surface area contributed by atoms with Crippen molar-refractivity contribution in [3.8, 4) is 5.69 Å². The smallest absolute Gasteiger partial charge is 0.329 e. The molecule has 0 bridgehead atoms. The minimum Gasteiger partial charge on any atom is -0.458 e. The van der Waals surface area contributed by atoms with Crippen LogP contribution < -0.4 is 5.32 Å². The zero-order chi connectivity index (χ0) is 28.0. The van der Waals surface area contributed by atoms with Crippen molar-refractivity contribution in [2.45, 2.75) is 38.8 Å². The van der Waals surface area contributed by atoms with Crippen molar-refractivity contribution >= 4 is 69.9 Å². The number of halogens is 4. The number of anilines is 1. The van der Waals surface area contributed by atoms with E-state index in [1.165, 1.54) is 16.9 Å². The van der Waals surface area contributed by atoms with Crippen molar-refractivity contribution in [1.29, 1.82) is 0 Å². The summed E-state index contributed by atoms with van der Waals surface area (Å²) in [7, 11) is 0. The zero-order valence-electron chi connectivity index (χ0n) is 20.8. The molecule has 0 saturated carbocycles. The second-order valence-corrected chi connectivity index (χ2v) is 10.8. The van der Waals surface area contributed by atoms with Gasteiger partial charge in [0.05, 0.1) is 17.6 Å². The fourth-order valence-electron chi connectivity index (χ4n) is 3.50. The molecule has 0 aliphatic rings. The maximum atomic E-state index is 13.3. The van der Waals surface area contributed by atoms with Gasteiger partial charge in [0.15, 0.2) is 5.15 Å². The fourth-order valence-corrected chi connectivity index (χ4v) is 4.07. The Labute approximate surface area is 239 Å². The highest BCUT2D eigenvalue weighted by Gasteiger charge is 2.34. The number of aromatic nitrogens is 3. The van der Waals surface area contributed by atoms with Crippen LogP contribution in [0.1, 0.15) is 26.3 Å². The maximum absolute atomic E-state index is 13.3. The topological polar surface area (TPSA) is 106 Å². The van der Waals surface area contributed by atoms with Gasteiger partial charge in [-0.1, -0.05) is 52.1 Å². The van der Waals surface area contributed by atoms with Gasteiger partial charge in [-0.2, -0.15) is 0 Å². The minimum atomic E-state index is -1.14. The number of hydrogen-bond donors (Lipinski definition) is 1. The van der Waals surface area contributed by atoms with Crippen molar-refractivity contribution in [1.82, 2.24) is 19.9 Å². The van der Waals surface area contributed by atoms with E-state index in [2.05, 4.69) is 15.6 Å². The Kier molecular flexibility index (Phi) is 10.0. The van der Waals surface area contributed by atoms with Crippen molar-refractivity contribution in [3.05, 3.63) is 69.4 Å². The van der Waals surface area contributed by atoms with Crippen LogP contribution in [0.25, 0.3) is 5.69 Å². The molecule has 1 heterocycles. The summed E-state index contributed by atoms with van der Waals surface area (Å²) in [6.07, 6.45) is 1.52. The second kappa shape index (κ2) is 12.8. The van der Waals surface area contributed by atoms with Gasteiger partial charge in [0, 0.05) is 16.5 Å². The van der Waals surface area contributed by atoms with E-state index in [0.29, 0.717) is 21.3 Å². The number of hydrogen-bond acceptors (Lipinski definition) is 6. The predicted molar refractivity (Wildman–Crippen MR) is 147 cm³/mol. The van der Waals surface area contributed by atoms with Crippen molar-refractivity contribution < 1.29 is 19.1 Å². The van der Waals surface area contributed by atoms with Gasteiger partial charge in [-0.25, -0.2) is 9.48 Å². The van der Waals surface area contributed by atoms with Gasteiger partial charge in [0.25, 0.3) is 0 Å². The number of benzene rings is 2. The molecule has 0 spiro atoms. The van der Waals surface area contributed by atoms with Crippen LogP contribution in [0.5, 0.6) is 0 Å². The van der Waals surface area contributed by atoms with Gasteiger partial charge in [0.2, 0.25) is 11.8 Å². The number of amides is 2. The first kappa shape index (κ1) is 29.7. The molecule has 0 aliphatic carbocycles. The summed E-state index contributed by atoms with van der Waals surface area (Å²) in [5.41, 5.74) is 0.594. The van der Waals surface area contributed by atoms with E-state index in [1.807, 2.05) is 0 Å². The molecule has 3 rings (SSSR count). The summed E-state index contributed by atoms with van der Waals surface area (Å²) < 4.78 is 6.95. The van der Waals surface area contributed by atoms with Gasteiger partial charge in [0.1, 0.15) is 24.1 Å². The molecule has 202 valence electrons. The lowest BCUT2D eigenvalue weighted by Crippen LogP contribution is -2.51. The Bertz CT molecular complexity index is 1310. The highest BCUT2D eigenvalue weighted by Crippen LogP contribution is 2.25. The summed E-state index contributed by atoms with van der Waals surface area (Å²) in [5.74, 6) is -2.36. The number of ether oxygens (including phenoxy) is 1. The Hall–Kier alpha value is -2.85. The monoisotopic (exact) mass is 599 g/mol. The quantitative estimate of drug-likeness (QED) is 0.268. The third-order valence-electron chi connectivity index (χ3n) is 5.09. The molecular formula is C25H25Cl4N5O4. The van der Waals surface area contributed by atoms with E-state index in [9.17, 15) is 14.4 Å². The van der Waals surface area contributed by atoms with E-state index < -0.39 is 41.9 Å². The SMILES string of the molecule is CC(C)(C)OC(=O)C(Cc1ccc(Cl)cc1)N(CC(=O)Nc1cc(Cl)ccc1-n1cc(Cl)nn1)C(=O)CCl. The number of nitrogens with zero attached hydrogens (tertiary/aromatic N) is 4. The highest BCUT2D eigenvalue weighted by molar-refractivity contribution is 6.31. The zero-order valence-corrected chi connectivity index (χ0v) is 23.8. The molecule has 1 N–H and O–H groups in total. The van der Waals surface area contributed by atoms with E-state index in [-0.39, 0.29) is 17.3 Å². The van der Waals surface area contributed by atoms with Crippen molar-refractivity contribution in [3.63, 3.8) is 0 Å². The molecule has 38 heavy (non-hydrogen) atoms. The molecular weight excluding hydrogens is 576 g/mol. The van der Waals surface area contributed by atoms with Crippen LogP contribution in [-0.2, 0) is 25.5 Å². The highest BCUT2D eigenvalue weighted by atomic mass is 35.5. The molecule has 0 aliphatic heterocycles. The molecule has 1 unspecified atom stereocenters. The molecule has 0 fully saturated rings. The van der Waals surface area contributed by atoms with Crippen LogP contribution >= 0.6 is 46.4 Å². The van der Waals surface area contributed by atoms with Crippen LogP contribution in [0, 0.1) is 0 Å². The molecule has 9 nitrogen and oxygen atoms in total. The van der Waals surface area contributed by atoms with Crippen LogP contribution in [0.3, 0.4) is 0 Å². The van der Waals surface area contributed by atoms with Crippen LogP contribution in [0.2, 0.25) is 15.2 Å². The molecule has 0 saturated heterocycles. The standard InChI is InChI=1S/C25H25Cl4N5O4/c1-25(2,3)38-24(37)20(10-15-4-6-16(27)7-5-15)33(23(36)12-26)14-22(35)30-18-11-17(28)8-9-19(18)34-13-21(29)31-32-34/h4-9,11,13,20H,10,12,14H2,1-3H3,(H,30,35). The number of nitrogens with one attached hydrogen (secondary N) is 1. The largest absolute Gasteiger partial charge is 0.458 e. The third kappa shape index (κ3) is 8.33. The van der Waals surface area contributed by atoms with Crippen LogP contribution in [0.15, 0.2) is 48.7 Å². The average Bonchev–Trinajstić information content (AvgIpc) is 3.26. The number of rotatable bonds is 9. The van der Waals surface area contributed by atoms with E-state index >= 15 is 0 Å². The van der Waals surface area contributed by atoms with E-state index in [1.54, 1.807) is 57.2 Å². The molecule has 1 atom stereocenters. The van der Waals surface area contributed by atoms with Crippen LogP contribution in [0.4, 0.5) is 5.69 Å². The Balaban J connectivity index is 1.91. The van der Waals surface area contributed by atoms with Crippen molar-refractivity contribution in [2.75, 3.05) is 17.7 Å². The first-order valence-electron chi connectivity index (χ1n) is 11.4. The fraction of sp³-hybridized carbons (Fsp3) is 0.320. The Morgan fingerprint density at radius 1 is 1.05 bits per heavy atom. The molecule has 0 radical (unpaired) electrons. The lowest BCUT2D eigenvalue weighted by Gasteiger charge is -2.32. The van der Waals surface area contributed by atoms with Crippen LogP contribution in [-0.4, -0.2) is 61.7 Å². The van der Waals surface area contributed by atoms with Crippen molar-refractivity contribution in [2.24, 2.45) is 0 Å². The van der Waals surface area contributed by atoms with Gasteiger partial charge in [-0.3, -0.25) is 9.59 Å². The predicted octanol–water partition coefficient (Wildman–Crippen LogP) is 5.19. The molecule has 2 aromatic carbocycles. The maximum Gasteiger partial charge on any atom is 0.329 e. The summed E-state index contributed by atoms with van der Waals surface area (Å²) in [4.78, 5) is 40.5. The van der Waals surface area contributed by atoms with Gasteiger partial charge in [-0.05, 0) is 56.7 Å². The Morgan fingerprint density at radius 2 is 1.71 bits per heavy atom. The summed E-state index contributed by atoms with van der Waals surface area (Å²) in [6.45, 7) is 4.64. The normalized spacial score (nSPS) is 12.1. The average molecular weight is 601 g/mol. The Morgan fingerprint density at radius 3 is 2.29 bits per heavy atom. The summed E-state index contributed by atoms with van der Waals surface area (Å²) in [5, 5.41) is 11.4. The van der Waals surface area contributed by atoms with Gasteiger partial charge >= 0.3 is 5.97 Å². The molecule has 2 amide bonds. The number of esters is 1. The van der Waals surface area contributed by atoms with E-state index in [4.69, 9.17) is 51.1 Å². The van der Waals surface area contributed by atoms with Gasteiger partial charge in [-0.15, -0.1) is 16.7 Å². The lowest BCUT2D eigenvalue weighted by molar-refractivity contribution is -0.164. The number of alkyl halides is 1. The minimum absolute atomic E-state index is 0.0713. The summed E-state index contributed by atoms with van der Waals surface area (Å²) >= 11 is 23.9. The summed E-state index contributed by atoms with van der Waals surface area (Å²) in [6, 6.07) is 10.4. The van der Waals surface area contributed by atoms with Gasteiger partial charge < -0.3 is 15.0 Å². The first-order chi connectivity index (χ1) is 17.9. The number of carbonyl (C=O) groups excluding carboxylic acids is 3. The third-order valence-corrected chi connectivity index (χ3v) is 5.98. The lowest BCUT2D eigenvalue weighted by atomic mass is 10.0.